The molecule has 0 radical (unpaired) electrons. The Hall–Kier alpha value is -3.04. The number of nitro benzene ring substituents is 1. The number of hydrogen-bond acceptors (Lipinski definition) is 7. The lowest BCUT2D eigenvalue weighted by Gasteiger charge is -2.13. The fourth-order valence-electron chi connectivity index (χ4n) is 2.41. The summed E-state index contributed by atoms with van der Waals surface area (Å²) in [6.07, 6.45) is 1.25. The van der Waals surface area contributed by atoms with Gasteiger partial charge in [-0.15, -0.1) is 0 Å². The first-order valence-corrected chi connectivity index (χ1v) is 9.16. The molecule has 0 spiro atoms. The molecule has 0 aromatic heterocycles. The number of imide groups is 1. The minimum Gasteiger partial charge on any atom is -0.507 e. The Bertz CT molecular complexity index is 994. The summed E-state index contributed by atoms with van der Waals surface area (Å²) >= 11 is 6.67. The number of halogens is 1. The number of hydrogen-bond donors (Lipinski definition) is 1. The molecule has 3 rings (SSSR count). The second-order valence-corrected chi connectivity index (χ2v) is 7.01. The van der Waals surface area contributed by atoms with Crippen LogP contribution in [0.2, 0.25) is 5.02 Å². The number of carbonyl (C=O) groups is 2. The van der Waals surface area contributed by atoms with Gasteiger partial charge < -0.3 is 9.84 Å². The van der Waals surface area contributed by atoms with E-state index in [1.807, 2.05) is 0 Å². The van der Waals surface area contributed by atoms with Gasteiger partial charge in [0.2, 0.25) is 0 Å². The van der Waals surface area contributed by atoms with E-state index in [0.717, 1.165) is 23.1 Å². The summed E-state index contributed by atoms with van der Waals surface area (Å²) in [7, 11) is 0. The van der Waals surface area contributed by atoms with Crippen LogP contribution < -0.4 is 4.74 Å². The number of phenolic OH excluding ortho intramolecular Hbond substituents is 1. The predicted octanol–water partition coefficient (Wildman–Crippen LogP) is 4.07. The van der Waals surface area contributed by atoms with Crippen molar-refractivity contribution in [2.75, 3.05) is 13.2 Å². The highest BCUT2D eigenvalue weighted by Crippen LogP contribution is 2.34. The first-order valence-electron chi connectivity index (χ1n) is 7.97. The van der Waals surface area contributed by atoms with E-state index >= 15 is 0 Å². The van der Waals surface area contributed by atoms with Crippen LogP contribution in [0.15, 0.2) is 47.4 Å². The first kappa shape index (κ1) is 19.7. The minimum absolute atomic E-state index is 0.00808. The van der Waals surface area contributed by atoms with Gasteiger partial charge in [0.1, 0.15) is 18.1 Å². The normalized spacial score (nSPS) is 15.3. The van der Waals surface area contributed by atoms with Crippen molar-refractivity contribution in [1.29, 1.82) is 0 Å². The first-order chi connectivity index (χ1) is 13.4. The average Bonchev–Trinajstić information content (AvgIpc) is 2.92. The quantitative estimate of drug-likeness (QED) is 0.426. The van der Waals surface area contributed by atoms with E-state index in [0.29, 0.717) is 22.5 Å². The molecule has 2 amide bonds. The van der Waals surface area contributed by atoms with Gasteiger partial charge in [0, 0.05) is 17.7 Å². The lowest BCUT2D eigenvalue weighted by atomic mass is 10.1. The van der Waals surface area contributed by atoms with Gasteiger partial charge in [0.25, 0.3) is 16.8 Å². The van der Waals surface area contributed by atoms with Crippen LogP contribution in [-0.2, 0) is 4.79 Å². The molecule has 1 aliphatic heterocycles. The SMILES string of the molecule is O=C1S/C(=C\c2cc([N+](=O)[O-])ccc2O)C(=O)N1CCOc1ccccc1Cl. The van der Waals surface area contributed by atoms with Crippen molar-refractivity contribution in [3.05, 3.63) is 68.1 Å². The van der Waals surface area contributed by atoms with Gasteiger partial charge in [-0.2, -0.15) is 0 Å². The molecule has 8 nitrogen and oxygen atoms in total. The number of nitro groups is 1. The van der Waals surface area contributed by atoms with Crippen molar-refractivity contribution in [3.8, 4) is 11.5 Å². The Balaban J connectivity index is 1.71. The third-order valence-electron chi connectivity index (χ3n) is 3.79. The van der Waals surface area contributed by atoms with Gasteiger partial charge in [-0.05, 0) is 36.0 Å². The fraction of sp³-hybridized carbons (Fsp3) is 0.111. The number of aromatic hydroxyl groups is 1. The molecule has 1 N–H and O–H groups in total. The van der Waals surface area contributed by atoms with Crippen molar-refractivity contribution in [2.24, 2.45) is 0 Å². The van der Waals surface area contributed by atoms with Crippen LogP contribution in [-0.4, -0.2) is 39.2 Å². The maximum absolute atomic E-state index is 12.5. The van der Waals surface area contributed by atoms with Crippen LogP contribution in [0.1, 0.15) is 5.56 Å². The number of phenols is 1. The number of rotatable bonds is 6. The highest BCUT2D eigenvalue weighted by atomic mass is 35.5. The molecule has 0 atom stereocenters. The molecule has 10 heteroatoms. The van der Waals surface area contributed by atoms with E-state index in [1.165, 1.54) is 6.08 Å². The van der Waals surface area contributed by atoms with E-state index in [4.69, 9.17) is 16.3 Å². The second kappa shape index (κ2) is 8.32. The summed E-state index contributed by atoms with van der Waals surface area (Å²) in [6.45, 7) is 0.0608. The van der Waals surface area contributed by atoms with E-state index in [9.17, 15) is 24.8 Å². The van der Waals surface area contributed by atoms with E-state index in [1.54, 1.807) is 24.3 Å². The Labute approximate surface area is 168 Å². The fourth-order valence-corrected chi connectivity index (χ4v) is 3.46. The highest BCUT2D eigenvalue weighted by Gasteiger charge is 2.35. The minimum atomic E-state index is -0.617. The Morgan fingerprint density at radius 2 is 2.00 bits per heavy atom. The highest BCUT2D eigenvalue weighted by molar-refractivity contribution is 8.18. The van der Waals surface area contributed by atoms with Gasteiger partial charge in [-0.3, -0.25) is 24.6 Å². The summed E-state index contributed by atoms with van der Waals surface area (Å²) in [4.78, 5) is 35.9. The molecule has 0 aliphatic carbocycles. The van der Waals surface area contributed by atoms with E-state index < -0.39 is 16.1 Å². The topological polar surface area (TPSA) is 110 Å². The van der Waals surface area contributed by atoms with Crippen molar-refractivity contribution in [1.82, 2.24) is 4.90 Å². The van der Waals surface area contributed by atoms with Gasteiger partial charge in [0.15, 0.2) is 0 Å². The number of carbonyl (C=O) groups excluding carboxylic acids is 2. The number of para-hydroxylation sites is 1. The Morgan fingerprint density at radius 3 is 2.71 bits per heavy atom. The molecule has 144 valence electrons. The summed E-state index contributed by atoms with van der Waals surface area (Å²) < 4.78 is 5.49. The van der Waals surface area contributed by atoms with Gasteiger partial charge >= 0.3 is 0 Å². The third kappa shape index (κ3) is 4.26. The summed E-state index contributed by atoms with van der Waals surface area (Å²) in [5, 5.41) is 20.7. The smallest absolute Gasteiger partial charge is 0.293 e. The molecule has 1 fully saturated rings. The third-order valence-corrected chi connectivity index (χ3v) is 5.01. The van der Waals surface area contributed by atoms with Gasteiger partial charge in [0.05, 0.1) is 21.4 Å². The summed E-state index contributed by atoms with van der Waals surface area (Å²) in [5.74, 6) is -0.365. The summed E-state index contributed by atoms with van der Waals surface area (Å²) in [6, 6.07) is 10.3. The second-order valence-electron chi connectivity index (χ2n) is 5.61. The predicted molar refractivity (Wildman–Crippen MR) is 104 cm³/mol. The van der Waals surface area contributed by atoms with Crippen LogP contribution in [0.25, 0.3) is 6.08 Å². The van der Waals surface area contributed by atoms with E-state index in [-0.39, 0.29) is 35.1 Å². The Morgan fingerprint density at radius 1 is 1.25 bits per heavy atom. The van der Waals surface area contributed by atoms with Crippen LogP contribution in [0.3, 0.4) is 0 Å². The zero-order valence-electron chi connectivity index (χ0n) is 14.2. The molecular weight excluding hydrogens is 408 g/mol. The number of non-ortho nitro benzene ring substituents is 1. The number of nitrogens with zero attached hydrogens (tertiary/aromatic N) is 2. The van der Waals surface area contributed by atoms with Crippen molar-refractivity contribution in [3.63, 3.8) is 0 Å². The monoisotopic (exact) mass is 420 g/mol. The molecule has 28 heavy (non-hydrogen) atoms. The Kier molecular flexibility index (Phi) is 5.86. The number of ether oxygens (including phenoxy) is 1. The van der Waals surface area contributed by atoms with E-state index in [2.05, 4.69) is 0 Å². The number of thioether (sulfide) groups is 1. The van der Waals surface area contributed by atoms with Gasteiger partial charge in [-0.1, -0.05) is 23.7 Å². The number of amides is 2. The molecule has 1 aliphatic rings. The van der Waals surface area contributed by atoms with Crippen molar-refractivity contribution in [2.45, 2.75) is 0 Å². The molecule has 2 aromatic rings. The van der Waals surface area contributed by atoms with Gasteiger partial charge in [-0.25, -0.2) is 0 Å². The van der Waals surface area contributed by atoms with Crippen molar-refractivity contribution >= 4 is 46.3 Å². The number of benzene rings is 2. The molecule has 1 heterocycles. The van der Waals surface area contributed by atoms with Crippen LogP contribution >= 0.6 is 23.4 Å². The largest absolute Gasteiger partial charge is 0.507 e. The lowest BCUT2D eigenvalue weighted by Crippen LogP contribution is -2.32. The maximum Gasteiger partial charge on any atom is 0.293 e. The molecule has 0 bridgehead atoms. The van der Waals surface area contributed by atoms with Crippen molar-refractivity contribution < 1.29 is 24.4 Å². The summed E-state index contributed by atoms with van der Waals surface area (Å²) in [5.41, 5.74) is -0.163. The zero-order chi connectivity index (χ0) is 20.3. The standard InChI is InChI=1S/C18H13ClN2O6S/c19-13-3-1-2-4-15(13)27-8-7-20-17(23)16(28-18(20)24)10-11-9-12(21(25)26)5-6-14(11)22/h1-6,9-10,22H,7-8H2/b16-10-. The van der Waals surface area contributed by atoms with Crippen LogP contribution in [0.5, 0.6) is 11.5 Å². The van der Waals surface area contributed by atoms with Crippen LogP contribution in [0.4, 0.5) is 10.5 Å². The molecular formula is C18H13ClN2O6S. The molecule has 0 saturated carbocycles. The lowest BCUT2D eigenvalue weighted by molar-refractivity contribution is -0.384. The van der Waals surface area contributed by atoms with Crippen LogP contribution in [0, 0.1) is 10.1 Å². The average molecular weight is 421 g/mol. The molecule has 2 aromatic carbocycles. The molecule has 0 unspecified atom stereocenters. The maximum atomic E-state index is 12.5. The molecule has 1 saturated heterocycles. The zero-order valence-corrected chi connectivity index (χ0v) is 15.8.